The molecule has 1 aliphatic heterocycles. The molecule has 0 bridgehead atoms. The number of rotatable bonds is 2. The van der Waals surface area contributed by atoms with E-state index in [0.717, 1.165) is 23.1 Å². The molecule has 1 N–H and O–H groups in total. The molecule has 4 nitrogen and oxygen atoms in total. The van der Waals surface area contributed by atoms with Gasteiger partial charge in [-0.3, -0.25) is 9.78 Å². The number of amides is 1. The number of nitrogens with one attached hydrogen (secondary N) is 1. The average molecular weight is 298 g/mol. The van der Waals surface area contributed by atoms with E-state index in [-0.39, 0.29) is 5.91 Å². The highest BCUT2D eigenvalue weighted by Gasteiger charge is 2.34. The van der Waals surface area contributed by atoms with Crippen molar-refractivity contribution in [3.8, 4) is 0 Å². The number of carbonyl (C=O) groups excluding carboxylic acids is 1. The Morgan fingerprint density at radius 3 is 3.00 bits per heavy atom. The zero-order valence-corrected chi connectivity index (χ0v) is 11.6. The molecule has 92 valence electrons. The van der Waals surface area contributed by atoms with Crippen molar-refractivity contribution in [2.45, 2.75) is 25.9 Å². The van der Waals surface area contributed by atoms with E-state index < -0.39 is 5.54 Å². The van der Waals surface area contributed by atoms with Gasteiger partial charge < -0.3 is 10.2 Å². The normalized spacial score (nSPS) is 19.5. The van der Waals surface area contributed by atoms with Gasteiger partial charge in [-0.05, 0) is 41.4 Å². The molecule has 1 amide bonds. The first-order valence-corrected chi connectivity index (χ1v) is 6.42. The molecule has 0 aromatic carbocycles. The van der Waals surface area contributed by atoms with Gasteiger partial charge in [-0.25, -0.2) is 0 Å². The molecular formula is C12H16BrN3O. The van der Waals surface area contributed by atoms with Crippen LogP contribution in [0.1, 0.15) is 19.4 Å². The molecule has 17 heavy (non-hydrogen) atoms. The summed E-state index contributed by atoms with van der Waals surface area (Å²) in [5.74, 6) is 0.142. The minimum absolute atomic E-state index is 0.142. The highest BCUT2D eigenvalue weighted by Crippen LogP contribution is 2.17. The van der Waals surface area contributed by atoms with Crippen molar-refractivity contribution in [1.29, 1.82) is 0 Å². The Kier molecular flexibility index (Phi) is 3.49. The summed E-state index contributed by atoms with van der Waals surface area (Å²) in [6, 6.07) is 2.00. The number of halogens is 1. The predicted molar refractivity (Wildman–Crippen MR) is 69.4 cm³/mol. The lowest BCUT2D eigenvalue weighted by Crippen LogP contribution is -2.60. The molecule has 0 atom stereocenters. The molecule has 1 aromatic rings. The smallest absolute Gasteiger partial charge is 0.242 e. The quantitative estimate of drug-likeness (QED) is 0.901. The molecule has 1 aliphatic rings. The van der Waals surface area contributed by atoms with E-state index in [9.17, 15) is 4.79 Å². The Labute approximate surface area is 110 Å². The maximum Gasteiger partial charge on any atom is 0.242 e. The predicted octanol–water partition coefficient (Wildman–Crippen LogP) is 1.55. The Morgan fingerprint density at radius 1 is 1.53 bits per heavy atom. The molecule has 0 radical (unpaired) electrons. The minimum atomic E-state index is -0.461. The van der Waals surface area contributed by atoms with Crippen LogP contribution >= 0.6 is 15.9 Å². The molecule has 2 rings (SSSR count). The van der Waals surface area contributed by atoms with E-state index in [1.54, 1.807) is 12.4 Å². The zero-order chi connectivity index (χ0) is 12.5. The van der Waals surface area contributed by atoms with Gasteiger partial charge in [0.05, 0.1) is 5.54 Å². The Balaban J connectivity index is 2.11. The molecular weight excluding hydrogens is 282 g/mol. The fraction of sp³-hybridized carbons (Fsp3) is 0.500. The van der Waals surface area contributed by atoms with Crippen molar-refractivity contribution in [2.24, 2.45) is 0 Å². The third-order valence-electron chi connectivity index (χ3n) is 2.91. The van der Waals surface area contributed by atoms with E-state index in [1.807, 2.05) is 24.8 Å². The second-order valence-electron chi connectivity index (χ2n) is 4.79. The van der Waals surface area contributed by atoms with Crippen LogP contribution in [0.5, 0.6) is 0 Å². The van der Waals surface area contributed by atoms with Crippen molar-refractivity contribution in [2.75, 3.05) is 13.1 Å². The number of aromatic nitrogens is 1. The highest BCUT2D eigenvalue weighted by atomic mass is 79.9. The van der Waals surface area contributed by atoms with Crippen molar-refractivity contribution in [3.63, 3.8) is 0 Å². The van der Waals surface area contributed by atoms with Crippen molar-refractivity contribution >= 4 is 21.8 Å². The van der Waals surface area contributed by atoms with Gasteiger partial charge in [0.2, 0.25) is 5.91 Å². The first-order valence-electron chi connectivity index (χ1n) is 5.63. The van der Waals surface area contributed by atoms with Crippen LogP contribution in [0.3, 0.4) is 0 Å². The van der Waals surface area contributed by atoms with E-state index in [2.05, 4.69) is 26.2 Å². The number of piperazine rings is 1. The SMILES string of the molecule is CC1(C)NCCN(Cc2cncc(Br)c2)C1=O. The summed E-state index contributed by atoms with van der Waals surface area (Å²) in [7, 11) is 0. The van der Waals surface area contributed by atoms with Crippen LogP contribution in [-0.4, -0.2) is 34.4 Å². The summed E-state index contributed by atoms with van der Waals surface area (Å²) in [6.45, 7) is 6.03. The van der Waals surface area contributed by atoms with E-state index in [0.29, 0.717) is 6.54 Å². The van der Waals surface area contributed by atoms with E-state index in [4.69, 9.17) is 0 Å². The van der Waals surface area contributed by atoms with Gasteiger partial charge in [0.1, 0.15) is 0 Å². The van der Waals surface area contributed by atoms with Gasteiger partial charge in [-0.2, -0.15) is 0 Å². The topological polar surface area (TPSA) is 45.2 Å². The van der Waals surface area contributed by atoms with Crippen LogP contribution in [0, 0.1) is 0 Å². The summed E-state index contributed by atoms with van der Waals surface area (Å²) in [5.41, 5.74) is 0.586. The Hall–Kier alpha value is -0.940. The Bertz CT molecular complexity index is 434. The third kappa shape index (κ3) is 2.84. The van der Waals surface area contributed by atoms with Crippen LogP contribution in [0.2, 0.25) is 0 Å². The van der Waals surface area contributed by atoms with Crippen molar-refractivity contribution in [1.82, 2.24) is 15.2 Å². The number of hydrogen-bond donors (Lipinski definition) is 1. The number of pyridine rings is 1. The molecule has 5 heteroatoms. The maximum absolute atomic E-state index is 12.2. The van der Waals surface area contributed by atoms with Crippen LogP contribution < -0.4 is 5.32 Å². The summed E-state index contributed by atoms with van der Waals surface area (Å²) < 4.78 is 0.942. The van der Waals surface area contributed by atoms with Gasteiger partial charge in [0.15, 0.2) is 0 Å². The third-order valence-corrected chi connectivity index (χ3v) is 3.34. The highest BCUT2D eigenvalue weighted by molar-refractivity contribution is 9.10. The zero-order valence-electron chi connectivity index (χ0n) is 10.0. The molecule has 0 aliphatic carbocycles. The fourth-order valence-corrected chi connectivity index (χ4v) is 2.40. The minimum Gasteiger partial charge on any atom is -0.335 e. The molecule has 1 fully saturated rings. The second kappa shape index (κ2) is 4.74. The fourth-order valence-electron chi connectivity index (χ4n) is 1.99. The Morgan fingerprint density at radius 2 is 2.29 bits per heavy atom. The first-order chi connectivity index (χ1) is 7.99. The molecule has 2 heterocycles. The summed E-state index contributed by atoms with van der Waals surface area (Å²) in [5, 5.41) is 3.22. The monoisotopic (exact) mass is 297 g/mol. The van der Waals surface area contributed by atoms with E-state index >= 15 is 0 Å². The average Bonchev–Trinajstić information content (AvgIpc) is 2.25. The van der Waals surface area contributed by atoms with Crippen LogP contribution in [0.15, 0.2) is 22.9 Å². The lowest BCUT2D eigenvalue weighted by molar-refractivity contribution is -0.140. The maximum atomic E-state index is 12.2. The standard InChI is InChI=1S/C12H16BrN3O/c1-12(2)11(17)16(4-3-15-12)8-9-5-10(13)7-14-6-9/h5-7,15H,3-4,8H2,1-2H3. The van der Waals surface area contributed by atoms with Crippen LogP contribution in [0.25, 0.3) is 0 Å². The number of nitrogens with zero attached hydrogens (tertiary/aromatic N) is 2. The summed E-state index contributed by atoms with van der Waals surface area (Å²) in [6.07, 6.45) is 3.54. The molecule has 0 spiro atoms. The van der Waals surface area contributed by atoms with E-state index in [1.165, 1.54) is 0 Å². The van der Waals surface area contributed by atoms with Crippen LogP contribution in [0.4, 0.5) is 0 Å². The summed E-state index contributed by atoms with van der Waals surface area (Å²) >= 11 is 3.39. The first kappa shape index (κ1) is 12.5. The van der Waals surface area contributed by atoms with Gasteiger partial charge in [-0.1, -0.05) is 0 Å². The largest absolute Gasteiger partial charge is 0.335 e. The lowest BCUT2D eigenvalue weighted by Gasteiger charge is -2.38. The second-order valence-corrected chi connectivity index (χ2v) is 5.71. The molecule has 0 unspecified atom stereocenters. The molecule has 1 saturated heterocycles. The molecule has 0 saturated carbocycles. The lowest BCUT2D eigenvalue weighted by atomic mass is 10.0. The van der Waals surface area contributed by atoms with Gasteiger partial charge >= 0.3 is 0 Å². The van der Waals surface area contributed by atoms with Crippen LogP contribution in [-0.2, 0) is 11.3 Å². The number of hydrogen-bond acceptors (Lipinski definition) is 3. The van der Waals surface area contributed by atoms with Crippen molar-refractivity contribution < 1.29 is 4.79 Å². The molecule has 1 aromatic heterocycles. The summed E-state index contributed by atoms with van der Waals surface area (Å²) in [4.78, 5) is 18.2. The van der Waals surface area contributed by atoms with Gasteiger partial charge in [0, 0.05) is 36.5 Å². The van der Waals surface area contributed by atoms with Gasteiger partial charge in [-0.15, -0.1) is 0 Å². The van der Waals surface area contributed by atoms with Crippen molar-refractivity contribution in [3.05, 3.63) is 28.5 Å². The van der Waals surface area contributed by atoms with Gasteiger partial charge in [0.25, 0.3) is 0 Å². The number of carbonyl (C=O) groups is 1.